The van der Waals surface area contributed by atoms with Crippen LogP contribution < -0.4 is 16.9 Å². The Balaban J connectivity index is 1.88. The van der Waals surface area contributed by atoms with Crippen molar-refractivity contribution in [2.24, 2.45) is 11.6 Å². The number of benzene rings is 1. The van der Waals surface area contributed by atoms with Crippen LogP contribution >= 0.6 is 11.3 Å². The molecule has 0 aliphatic rings. The third kappa shape index (κ3) is 5.80. The van der Waals surface area contributed by atoms with E-state index >= 15 is 0 Å². The molecule has 0 aliphatic heterocycles. The molecule has 9 heteroatoms. The Hall–Kier alpha value is -2.49. The Kier molecular flexibility index (Phi) is 7.52. The van der Waals surface area contributed by atoms with Gasteiger partial charge in [0, 0.05) is 31.5 Å². The molecule has 1 atom stereocenters. The summed E-state index contributed by atoms with van der Waals surface area (Å²) in [6, 6.07) is 9.75. The van der Waals surface area contributed by atoms with E-state index in [4.69, 9.17) is 16.3 Å². The third-order valence-electron chi connectivity index (χ3n) is 3.69. The van der Waals surface area contributed by atoms with Crippen LogP contribution in [0.1, 0.15) is 18.4 Å². The Morgan fingerprint density at radius 1 is 1.38 bits per heavy atom. The first-order valence-electron chi connectivity index (χ1n) is 8.16. The highest BCUT2D eigenvalue weighted by Crippen LogP contribution is 2.22. The van der Waals surface area contributed by atoms with Gasteiger partial charge in [-0.2, -0.15) is 0 Å². The summed E-state index contributed by atoms with van der Waals surface area (Å²) in [5, 5.41) is 13.9. The normalized spacial score (nSPS) is 12.7. The number of hydrazine groups is 1. The van der Waals surface area contributed by atoms with Gasteiger partial charge in [-0.05, 0) is 13.3 Å². The van der Waals surface area contributed by atoms with Crippen LogP contribution in [0.5, 0.6) is 0 Å². The molecule has 1 aromatic heterocycles. The second kappa shape index (κ2) is 9.85. The van der Waals surface area contributed by atoms with E-state index in [1.54, 1.807) is 7.11 Å². The van der Waals surface area contributed by atoms with Crippen LogP contribution in [0.15, 0.2) is 42.2 Å². The molecule has 26 heavy (non-hydrogen) atoms. The van der Waals surface area contributed by atoms with Crippen molar-refractivity contribution in [2.75, 3.05) is 13.7 Å². The number of methoxy groups -OCH3 is 1. The standard InChI is InChI=1S/C17H24N6O2S/c1-12(8-9-25-2)23(19)11-14(18)16(24)20-10-15-21-22-17(26-15)13-6-4-3-5-7-13/h3-7,11-12H,8-10,18-19H2,1-2H3,(H,20,24)/b14-11-. The van der Waals surface area contributed by atoms with E-state index in [-0.39, 0.29) is 18.3 Å². The number of hydrogen-bond donors (Lipinski definition) is 3. The van der Waals surface area contributed by atoms with Crippen molar-refractivity contribution in [2.45, 2.75) is 25.9 Å². The highest BCUT2D eigenvalue weighted by Gasteiger charge is 2.12. The van der Waals surface area contributed by atoms with Crippen molar-refractivity contribution in [3.63, 3.8) is 0 Å². The number of aromatic nitrogens is 2. The molecule has 0 spiro atoms. The molecular weight excluding hydrogens is 352 g/mol. The van der Waals surface area contributed by atoms with E-state index in [1.807, 2.05) is 37.3 Å². The van der Waals surface area contributed by atoms with Crippen LogP contribution in [-0.4, -0.2) is 40.9 Å². The quantitative estimate of drug-likeness (QED) is 0.342. The van der Waals surface area contributed by atoms with E-state index in [1.165, 1.54) is 22.5 Å². The smallest absolute Gasteiger partial charge is 0.269 e. The third-order valence-corrected chi connectivity index (χ3v) is 4.66. The molecule has 8 nitrogen and oxygen atoms in total. The molecule has 1 aromatic carbocycles. The Bertz CT molecular complexity index is 734. The van der Waals surface area contributed by atoms with Crippen LogP contribution in [0.4, 0.5) is 0 Å². The van der Waals surface area contributed by atoms with Gasteiger partial charge in [0.25, 0.3) is 5.91 Å². The molecule has 0 bridgehead atoms. The maximum absolute atomic E-state index is 12.1. The molecule has 0 aliphatic carbocycles. The lowest BCUT2D eigenvalue weighted by atomic mass is 10.2. The van der Waals surface area contributed by atoms with Crippen LogP contribution in [-0.2, 0) is 16.1 Å². The van der Waals surface area contributed by atoms with Crippen LogP contribution in [0, 0.1) is 0 Å². The number of ether oxygens (including phenoxy) is 1. The molecule has 2 rings (SSSR count). The predicted molar refractivity (Wildman–Crippen MR) is 101 cm³/mol. The molecule has 2 aromatic rings. The average molecular weight is 376 g/mol. The van der Waals surface area contributed by atoms with Gasteiger partial charge in [0.2, 0.25) is 0 Å². The number of rotatable bonds is 9. The van der Waals surface area contributed by atoms with Crippen LogP contribution in [0.3, 0.4) is 0 Å². The molecule has 0 fully saturated rings. The largest absolute Gasteiger partial charge is 0.393 e. The van der Waals surface area contributed by atoms with Gasteiger partial charge in [-0.25, -0.2) is 5.84 Å². The Morgan fingerprint density at radius 2 is 2.12 bits per heavy atom. The monoisotopic (exact) mass is 376 g/mol. The topological polar surface area (TPSA) is 119 Å². The fraction of sp³-hybridized carbons (Fsp3) is 0.353. The highest BCUT2D eigenvalue weighted by molar-refractivity contribution is 7.14. The number of amides is 1. The van der Waals surface area contributed by atoms with Gasteiger partial charge in [0.15, 0.2) is 0 Å². The summed E-state index contributed by atoms with van der Waals surface area (Å²) in [7, 11) is 1.63. The van der Waals surface area contributed by atoms with Crippen molar-refractivity contribution in [3.05, 3.63) is 47.2 Å². The highest BCUT2D eigenvalue weighted by atomic mass is 32.1. The molecule has 0 saturated heterocycles. The van der Waals surface area contributed by atoms with Crippen LogP contribution in [0.2, 0.25) is 0 Å². The summed E-state index contributed by atoms with van der Waals surface area (Å²) in [6.45, 7) is 2.75. The molecule has 0 radical (unpaired) electrons. The predicted octanol–water partition coefficient (Wildman–Crippen LogP) is 1.22. The lowest BCUT2D eigenvalue weighted by Gasteiger charge is -2.22. The maximum Gasteiger partial charge on any atom is 0.269 e. The van der Waals surface area contributed by atoms with Gasteiger partial charge in [-0.3, -0.25) is 4.79 Å². The maximum atomic E-state index is 12.1. The van der Waals surface area contributed by atoms with Gasteiger partial charge in [-0.15, -0.1) is 10.2 Å². The van der Waals surface area contributed by atoms with Crippen LogP contribution in [0.25, 0.3) is 10.6 Å². The summed E-state index contributed by atoms with van der Waals surface area (Å²) in [5.74, 6) is 5.49. The fourth-order valence-electron chi connectivity index (χ4n) is 2.06. The summed E-state index contributed by atoms with van der Waals surface area (Å²) in [6.07, 6.45) is 2.15. The molecule has 1 amide bonds. The van der Waals surface area contributed by atoms with Crippen molar-refractivity contribution in [1.29, 1.82) is 0 Å². The summed E-state index contributed by atoms with van der Waals surface area (Å²) in [4.78, 5) is 12.1. The van der Waals surface area contributed by atoms with E-state index in [0.29, 0.717) is 11.6 Å². The number of carbonyl (C=O) groups is 1. The lowest BCUT2D eigenvalue weighted by Crippen LogP contribution is -2.38. The second-order valence-corrected chi connectivity index (χ2v) is 6.77. The van der Waals surface area contributed by atoms with E-state index in [2.05, 4.69) is 15.5 Å². The van der Waals surface area contributed by atoms with E-state index in [0.717, 1.165) is 17.0 Å². The van der Waals surface area contributed by atoms with E-state index in [9.17, 15) is 4.79 Å². The molecular formula is C17H24N6O2S. The van der Waals surface area contributed by atoms with Gasteiger partial charge in [0.05, 0.1) is 6.54 Å². The minimum Gasteiger partial charge on any atom is -0.393 e. The Morgan fingerprint density at radius 3 is 2.81 bits per heavy atom. The lowest BCUT2D eigenvalue weighted by molar-refractivity contribution is -0.117. The van der Waals surface area contributed by atoms with Crippen molar-refractivity contribution >= 4 is 17.2 Å². The first-order chi connectivity index (χ1) is 12.5. The van der Waals surface area contributed by atoms with Crippen molar-refractivity contribution < 1.29 is 9.53 Å². The first-order valence-corrected chi connectivity index (χ1v) is 8.98. The molecule has 140 valence electrons. The van der Waals surface area contributed by atoms with Gasteiger partial charge in [0.1, 0.15) is 15.7 Å². The van der Waals surface area contributed by atoms with Crippen molar-refractivity contribution in [3.8, 4) is 10.6 Å². The second-order valence-electron chi connectivity index (χ2n) is 5.71. The molecule has 0 saturated carbocycles. The molecule has 5 N–H and O–H groups in total. The van der Waals surface area contributed by atoms with Gasteiger partial charge >= 0.3 is 0 Å². The minimum atomic E-state index is -0.407. The summed E-state index contributed by atoms with van der Waals surface area (Å²) < 4.78 is 5.01. The number of hydrogen-bond acceptors (Lipinski definition) is 8. The number of carbonyl (C=O) groups excluding carboxylic acids is 1. The molecule has 1 heterocycles. The summed E-state index contributed by atoms with van der Waals surface area (Å²) in [5.41, 5.74) is 6.83. The number of nitrogens with two attached hydrogens (primary N) is 2. The zero-order valence-corrected chi connectivity index (χ0v) is 15.7. The first kappa shape index (κ1) is 19.8. The zero-order chi connectivity index (χ0) is 18.9. The van der Waals surface area contributed by atoms with Crippen molar-refractivity contribution in [1.82, 2.24) is 20.5 Å². The minimum absolute atomic E-state index is 0.00195. The Labute approximate surface area is 156 Å². The van der Waals surface area contributed by atoms with Gasteiger partial charge < -0.3 is 20.8 Å². The number of nitrogens with zero attached hydrogens (tertiary/aromatic N) is 3. The fourth-order valence-corrected chi connectivity index (χ4v) is 2.85. The SMILES string of the molecule is COCCC(C)N(N)/C=C(\N)C(=O)NCc1nnc(-c2ccccc2)s1. The van der Waals surface area contributed by atoms with E-state index < -0.39 is 5.91 Å². The van der Waals surface area contributed by atoms with Gasteiger partial charge in [-0.1, -0.05) is 41.7 Å². The summed E-state index contributed by atoms with van der Waals surface area (Å²) >= 11 is 1.42. The zero-order valence-electron chi connectivity index (χ0n) is 14.9. The number of nitrogens with one attached hydrogen (secondary N) is 1. The molecule has 1 unspecified atom stereocenters. The average Bonchev–Trinajstić information content (AvgIpc) is 3.13.